The van der Waals surface area contributed by atoms with Gasteiger partial charge in [0.1, 0.15) is 5.37 Å². The van der Waals surface area contributed by atoms with E-state index in [1.807, 2.05) is 49.4 Å². The lowest BCUT2D eigenvalue weighted by Crippen LogP contribution is -2.36. The van der Waals surface area contributed by atoms with Crippen LogP contribution < -0.4 is 11.1 Å². The Kier molecular flexibility index (Phi) is 9.04. The normalized spacial score (nSPS) is 16.8. The van der Waals surface area contributed by atoms with Crippen molar-refractivity contribution < 1.29 is 14.4 Å². The number of nitrogens with one attached hydrogen (secondary N) is 1. The quantitative estimate of drug-likeness (QED) is 0.408. The molecule has 37 heavy (non-hydrogen) atoms. The zero-order valence-electron chi connectivity index (χ0n) is 20.6. The van der Waals surface area contributed by atoms with Crippen LogP contribution in [-0.2, 0) is 20.8 Å². The van der Waals surface area contributed by atoms with Crippen molar-refractivity contribution in [1.29, 1.82) is 0 Å². The summed E-state index contributed by atoms with van der Waals surface area (Å²) >= 11 is 2.96. The molecule has 3 amide bonds. The molecule has 1 aliphatic rings. The fraction of sp³-hybridized carbons (Fsp3) is 0.276. The molecular formula is C29H29N3O3S2. The highest BCUT2D eigenvalue weighted by Gasteiger charge is 2.42. The van der Waals surface area contributed by atoms with Gasteiger partial charge >= 0.3 is 0 Å². The third-order valence-electron chi connectivity index (χ3n) is 5.94. The Labute approximate surface area is 225 Å². The third-order valence-corrected chi connectivity index (χ3v) is 8.60. The van der Waals surface area contributed by atoms with Crippen molar-refractivity contribution in [3.63, 3.8) is 0 Å². The Morgan fingerprint density at radius 2 is 1.78 bits per heavy atom. The molecule has 0 radical (unpaired) electrons. The first-order chi connectivity index (χ1) is 17.9. The van der Waals surface area contributed by atoms with Gasteiger partial charge in [-0.25, -0.2) is 0 Å². The summed E-state index contributed by atoms with van der Waals surface area (Å²) in [4.78, 5) is 40.8. The molecule has 8 heteroatoms. The number of thiophene rings is 1. The minimum atomic E-state index is -0.516. The van der Waals surface area contributed by atoms with E-state index in [-0.39, 0.29) is 36.6 Å². The molecule has 0 aliphatic carbocycles. The van der Waals surface area contributed by atoms with Gasteiger partial charge in [0.15, 0.2) is 0 Å². The first-order valence-electron chi connectivity index (χ1n) is 12.1. The van der Waals surface area contributed by atoms with Gasteiger partial charge in [-0.3, -0.25) is 14.4 Å². The standard InChI is InChI=1S/C29H29N3O3S2/c1-20-7-9-22(10-8-20)15-17-31-27(34)19-25-28(35)32(18-16-26(30)33)29(37-25)24-14-13-23(36-24)12-11-21-5-3-2-4-6-21/h2-10,13-14,25,29H,15-19H2,1H3,(H2,30,33)(H,31,34). The van der Waals surface area contributed by atoms with Crippen LogP contribution in [0.2, 0.25) is 0 Å². The number of amides is 3. The molecule has 0 spiro atoms. The molecule has 1 aromatic heterocycles. The van der Waals surface area contributed by atoms with Gasteiger partial charge in [0.25, 0.3) is 0 Å². The van der Waals surface area contributed by atoms with Gasteiger partial charge in [0, 0.05) is 36.4 Å². The zero-order chi connectivity index (χ0) is 26.2. The van der Waals surface area contributed by atoms with Crippen LogP contribution in [-0.4, -0.2) is 41.0 Å². The molecule has 0 saturated carbocycles. The number of carbonyl (C=O) groups is 3. The average molecular weight is 532 g/mol. The van der Waals surface area contributed by atoms with Crippen molar-refractivity contribution in [3.8, 4) is 11.8 Å². The highest BCUT2D eigenvalue weighted by Crippen LogP contribution is 2.46. The van der Waals surface area contributed by atoms with Crippen LogP contribution in [0.1, 0.15) is 44.7 Å². The van der Waals surface area contributed by atoms with E-state index >= 15 is 0 Å². The van der Waals surface area contributed by atoms with Gasteiger partial charge in [-0.1, -0.05) is 59.9 Å². The molecule has 3 aromatic rings. The summed E-state index contributed by atoms with van der Waals surface area (Å²) in [7, 11) is 0. The van der Waals surface area contributed by atoms with E-state index in [2.05, 4.69) is 41.4 Å². The second-order valence-corrected chi connectivity index (χ2v) is 11.2. The summed E-state index contributed by atoms with van der Waals surface area (Å²) in [6.07, 6.45) is 0.893. The van der Waals surface area contributed by atoms with Gasteiger partial charge in [0.2, 0.25) is 17.7 Å². The van der Waals surface area contributed by atoms with Crippen LogP contribution in [0, 0.1) is 18.8 Å². The summed E-state index contributed by atoms with van der Waals surface area (Å²) in [6, 6.07) is 21.9. The predicted molar refractivity (Wildman–Crippen MR) is 149 cm³/mol. The van der Waals surface area contributed by atoms with Gasteiger partial charge in [-0.15, -0.1) is 23.1 Å². The number of benzene rings is 2. The number of rotatable bonds is 9. The second kappa shape index (κ2) is 12.6. The van der Waals surface area contributed by atoms with Crippen LogP contribution in [0.15, 0.2) is 66.7 Å². The summed E-state index contributed by atoms with van der Waals surface area (Å²) in [5.41, 5.74) is 8.64. The summed E-state index contributed by atoms with van der Waals surface area (Å²) in [5.74, 6) is 5.57. The molecule has 0 bridgehead atoms. The van der Waals surface area contributed by atoms with E-state index in [0.717, 1.165) is 27.3 Å². The van der Waals surface area contributed by atoms with E-state index in [0.29, 0.717) is 6.54 Å². The van der Waals surface area contributed by atoms with Crippen molar-refractivity contribution in [2.45, 2.75) is 36.8 Å². The molecule has 3 N–H and O–H groups in total. The molecule has 190 valence electrons. The first-order valence-corrected chi connectivity index (χ1v) is 13.9. The van der Waals surface area contributed by atoms with E-state index in [1.54, 1.807) is 4.90 Å². The maximum Gasteiger partial charge on any atom is 0.237 e. The summed E-state index contributed by atoms with van der Waals surface area (Å²) in [6.45, 7) is 2.77. The average Bonchev–Trinajstić information content (AvgIpc) is 3.48. The molecule has 2 atom stereocenters. The lowest BCUT2D eigenvalue weighted by molar-refractivity contribution is -0.132. The highest BCUT2D eigenvalue weighted by molar-refractivity contribution is 8.01. The topological polar surface area (TPSA) is 92.5 Å². The minimum absolute atomic E-state index is 0.0737. The van der Waals surface area contributed by atoms with Crippen molar-refractivity contribution in [2.24, 2.45) is 5.73 Å². The van der Waals surface area contributed by atoms with Gasteiger partial charge in [0.05, 0.1) is 10.1 Å². The summed E-state index contributed by atoms with van der Waals surface area (Å²) in [5, 5.41) is 2.14. The maximum atomic E-state index is 13.2. The van der Waals surface area contributed by atoms with Crippen LogP contribution in [0.25, 0.3) is 0 Å². The van der Waals surface area contributed by atoms with Crippen molar-refractivity contribution in [2.75, 3.05) is 13.1 Å². The predicted octanol–water partition coefficient (Wildman–Crippen LogP) is 4.02. The fourth-order valence-corrected chi connectivity index (χ4v) is 6.50. The number of hydrogen-bond acceptors (Lipinski definition) is 5. The Morgan fingerprint density at radius 3 is 2.51 bits per heavy atom. The largest absolute Gasteiger partial charge is 0.370 e. The van der Waals surface area contributed by atoms with Gasteiger partial charge in [-0.2, -0.15) is 0 Å². The Hall–Kier alpha value is -3.54. The molecule has 2 aromatic carbocycles. The van der Waals surface area contributed by atoms with Crippen LogP contribution in [0.3, 0.4) is 0 Å². The lowest BCUT2D eigenvalue weighted by atomic mass is 10.1. The first kappa shape index (κ1) is 26.5. The smallest absolute Gasteiger partial charge is 0.237 e. The minimum Gasteiger partial charge on any atom is -0.370 e. The molecule has 4 rings (SSSR count). The third kappa shape index (κ3) is 7.48. The van der Waals surface area contributed by atoms with E-state index in [9.17, 15) is 14.4 Å². The Morgan fingerprint density at radius 1 is 1.03 bits per heavy atom. The number of thioether (sulfide) groups is 1. The highest BCUT2D eigenvalue weighted by atomic mass is 32.2. The van der Waals surface area contributed by atoms with Crippen molar-refractivity contribution in [3.05, 3.63) is 93.2 Å². The van der Waals surface area contributed by atoms with Crippen molar-refractivity contribution >= 4 is 40.8 Å². The number of primary amides is 1. The van der Waals surface area contributed by atoms with Gasteiger partial charge in [-0.05, 0) is 43.2 Å². The molecule has 1 fully saturated rings. The number of hydrogen-bond donors (Lipinski definition) is 2. The number of nitrogens with two attached hydrogens (primary N) is 1. The van der Waals surface area contributed by atoms with Crippen molar-refractivity contribution in [1.82, 2.24) is 10.2 Å². The lowest BCUT2D eigenvalue weighted by Gasteiger charge is -2.22. The number of aryl methyl sites for hydroxylation is 1. The summed E-state index contributed by atoms with van der Waals surface area (Å²) < 4.78 is 0. The Bertz CT molecular complexity index is 1310. The van der Waals surface area contributed by atoms with Crippen LogP contribution in [0.4, 0.5) is 0 Å². The molecule has 2 heterocycles. The van der Waals surface area contributed by atoms with E-state index < -0.39 is 11.2 Å². The maximum absolute atomic E-state index is 13.2. The monoisotopic (exact) mass is 531 g/mol. The number of carbonyl (C=O) groups excluding carboxylic acids is 3. The molecule has 1 aliphatic heterocycles. The van der Waals surface area contributed by atoms with E-state index in [1.165, 1.54) is 28.7 Å². The SMILES string of the molecule is Cc1ccc(CCNC(=O)CC2SC(c3ccc(C#Cc4ccccc4)s3)N(CCC(N)=O)C2=O)cc1. The fourth-order valence-electron chi connectivity index (χ4n) is 3.95. The van der Waals surface area contributed by atoms with Crippen LogP contribution in [0.5, 0.6) is 0 Å². The molecule has 2 unspecified atom stereocenters. The van der Waals surface area contributed by atoms with Crippen LogP contribution >= 0.6 is 23.1 Å². The molecular weight excluding hydrogens is 502 g/mol. The second-order valence-electron chi connectivity index (χ2n) is 8.83. The van der Waals surface area contributed by atoms with E-state index in [4.69, 9.17) is 5.73 Å². The molecule has 6 nitrogen and oxygen atoms in total. The number of nitrogens with zero attached hydrogens (tertiary/aromatic N) is 1. The van der Waals surface area contributed by atoms with Gasteiger partial charge < -0.3 is 16.0 Å². The molecule has 1 saturated heterocycles. The zero-order valence-corrected chi connectivity index (χ0v) is 22.2. The Balaban J connectivity index is 1.40.